The van der Waals surface area contributed by atoms with Crippen molar-refractivity contribution in [2.75, 3.05) is 5.32 Å². The summed E-state index contributed by atoms with van der Waals surface area (Å²) in [7, 11) is 0. The number of aromatic nitrogens is 4. The van der Waals surface area contributed by atoms with E-state index in [1.165, 1.54) is 12.1 Å². The van der Waals surface area contributed by atoms with Gasteiger partial charge in [0.25, 0.3) is 0 Å². The Balaban J connectivity index is 1.64. The van der Waals surface area contributed by atoms with Gasteiger partial charge in [0.15, 0.2) is 11.6 Å². The van der Waals surface area contributed by atoms with Gasteiger partial charge in [-0.2, -0.15) is 30.0 Å². The van der Waals surface area contributed by atoms with E-state index in [1.807, 2.05) is 24.3 Å². The van der Waals surface area contributed by atoms with Crippen molar-refractivity contribution in [3.05, 3.63) is 65.4 Å². The molecular formula is C20H14F3N5S. The molecular weight excluding hydrogens is 399 g/mol. The molecule has 0 aliphatic carbocycles. The molecule has 0 fully saturated rings. The highest BCUT2D eigenvalue weighted by atomic mass is 32.2. The molecule has 146 valence electrons. The van der Waals surface area contributed by atoms with E-state index in [1.54, 1.807) is 17.8 Å². The van der Waals surface area contributed by atoms with Crippen molar-refractivity contribution >= 4 is 34.3 Å². The van der Waals surface area contributed by atoms with Crippen LogP contribution in [-0.4, -0.2) is 20.2 Å². The van der Waals surface area contributed by atoms with Gasteiger partial charge in [-0.25, -0.2) is 9.97 Å². The van der Waals surface area contributed by atoms with Crippen LogP contribution in [0.3, 0.4) is 0 Å². The van der Waals surface area contributed by atoms with Crippen LogP contribution in [0.2, 0.25) is 0 Å². The lowest BCUT2D eigenvalue weighted by atomic mass is 10.1. The lowest BCUT2D eigenvalue weighted by molar-refractivity contribution is -0.137. The van der Waals surface area contributed by atoms with Crippen molar-refractivity contribution in [1.82, 2.24) is 20.2 Å². The van der Waals surface area contributed by atoms with E-state index in [4.69, 9.17) is 0 Å². The lowest BCUT2D eigenvalue weighted by Gasteiger charge is -2.14. The van der Waals surface area contributed by atoms with E-state index < -0.39 is 11.7 Å². The maximum absolute atomic E-state index is 13.5. The van der Waals surface area contributed by atoms with Crippen molar-refractivity contribution in [2.45, 2.75) is 17.7 Å². The summed E-state index contributed by atoms with van der Waals surface area (Å²) < 4.78 is 40.5. The van der Waals surface area contributed by atoms with Crippen LogP contribution in [0.25, 0.3) is 22.3 Å². The van der Waals surface area contributed by atoms with Crippen molar-refractivity contribution in [2.24, 2.45) is 0 Å². The fraction of sp³-hybridized carbons (Fsp3) is 0.150. The Morgan fingerprint density at radius 2 is 1.72 bits per heavy atom. The molecule has 0 saturated carbocycles. The summed E-state index contributed by atoms with van der Waals surface area (Å²) >= 11 is 1.65. The molecule has 0 bridgehead atoms. The highest BCUT2D eigenvalue weighted by Crippen LogP contribution is 2.39. The Kier molecular flexibility index (Phi) is 4.20. The number of aromatic amines is 1. The number of hydrogen-bond donors (Lipinski definition) is 2. The number of thioether (sulfide) groups is 1. The summed E-state index contributed by atoms with van der Waals surface area (Å²) in [6.45, 7) is 0. The maximum atomic E-state index is 13.5. The summed E-state index contributed by atoms with van der Waals surface area (Å²) in [5.74, 6) is 2.45. The quantitative estimate of drug-likeness (QED) is 0.462. The molecule has 2 N–H and O–H groups in total. The predicted molar refractivity (Wildman–Crippen MR) is 107 cm³/mol. The number of halogens is 3. The molecule has 2 aromatic heterocycles. The van der Waals surface area contributed by atoms with Crippen LogP contribution in [0.4, 0.5) is 24.8 Å². The minimum Gasteiger partial charge on any atom is -0.323 e. The molecule has 3 heterocycles. The molecule has 4 aromatic rings. The van der Waals surface area contributed by atoms with Gasteiger partial charge in [0, 0.05) is 28.0 Å². The highest BCUT2D eigenvalue weighted by molar-refractivity contribution is 7.98. The number of nitrogens with one attached hydrogen (secondary N) is 2. The minimum atomic E-state index is -4.49. The summed E-state index contributed by atoms with van der Waals surface area (Å²) in [4.78, 5) is 8.93. The third-order valence-electron chi connectivity index (χ3n) is 4.76. The molecule has 0 amide bonds. The van der Waals surface area contributed by atoms with Gasteiger partial charge in [0.2, 0.25) is 0 Å². The number of nitrogens with zero attached hydrogens (tertiary/aromatic N) is 3. The van der Waals surface area contributed by atoms with E-state index in [0.717, 1.165) is 28.2 Å². The number of alkyl halides is 3. The molecule has 1 aliphatic heterocycles. The second kappa shape index (κ2) is 6.77. The summed E-state index contributed by atoms with van der Waals surface area (Å²) in [6, 6.07) is 13.0. The van der Waals surface area contributed by atoms with Gasteiger partial charge in [-0.1, -0.05) is 30.3 Å². The van der Waals surface area contributed by atoms with Crippen LogP contribution >= 0.6 is 11.8 Å². The molecule has 5 rings (SSSR count). The average molecular weight is 413 g/mol. The number of benzene rings is 2. The van der Waals surface area contributed by atoms with Crippen LogP contribution in [-0.2, 0) is 17.7 Å². The van der Waals surface area contributed by atoms with Crippen molar-refractivity contribution in [3.8, 4) is 11.4 Å². The van der Waals surface area contributed by atoms with Crippen molar-refractivity contribution in [3.63, 3.8) is 0 Å². The molecule has 0 unspecified atom stereocenters. The Morgan fingerprint density at radius 1 is 0.931 bits per heavy atom. The van der Waals surface area contributed by atoms with Gasteiger partial charge < -0.3 is 5.32 Å². The second-order valence-corrected chi connectivity index (χ2v) is 7.59. The fourth-order valence-corrected chi connectivity index (χ4v) is 4.41. The van der Waals surface area contributed by atoms with Gasteiger partial charge in [-0.3, -0.25) is 5.10 Å². The van der Waals surface area contributed by atoms with E-state index in [9.17, 15) is 13.2 Å². The largest absolute Gasteiger partial charge is 0.417 e. The summed E-state index contributed by atoms with van der Waals surface area (Å²) in [5.41, 5.74) is 1.73. The number of H-pyrrole nitrogens is 1. The maximum Gasteiger partial charge on any atom is 0.417 e. The van der Waals surface area contributed by atoms with Gasteiger partial charge in [0.05, 0.1) is 16.8 Å². The van der Waals surface area contributed by atoms with Gasteiger partial charge in [-0.05, 0) is 18.2 Å². The zero-order valence-corrected chi connectivity index (χ0v) is 15.7. The molecule has 0 atom stereocenters. The molecule has 0 spiro atoms. The first kappa shape index (κ1) is 18.0. The van der Waals surface area contributed by atoms with E-state index in [-0.39, 0.29) is 11.4 Å². The highest BCUT2D eigenvalue weighted by Gasteiger charge is 2.34. The minimum absolute atomic E-state index is 0.0327. The monoisotopic (exact) mass is 413 g/mol. The fourth-order valence-electron chi connectivity index (χ4n) is 3.37. The standard InChI is InChI=1S/C20H14F3N5S/c21-20(22,23)14-7-3-1-5-11(14)17-24-16-10-29-9-13(16)18(25-17)26-19-12-6-2-4-8-15(12)27-28-19/h1-8H,9-10H2,(H2,24,25,26,27,28). The topological polar surface area (TPSA) is 66.5 Å². The Hall–Kier alpha value is -3.07. The van der Waals surface area contributed by atoms with E-state index in [2.05, 4.69) is 25.5 Å². The SMILES string of the molecule is FC(F)(F)c1ccccc1-c1nc2c(c(Nc3n[nH]c4ccccc34)n1)CSC2. The molecule has 9 heteroatoms. The third kappa shape index (κ3) is 3.21. The molecule has 2 aromatic carbocycles. The molecule has 0 radical (unpaired) electrons. The average Bonchev–Trinajstić information content (AvgIpc) is 3.35. The molecule has 0 saturated heterocycles. The Morgan fingerprint density at radius 3 is 2.59 bits per heavy atom. The van der Waals surface area contributed by atoms with Crippen LogP contribution in [0.1, 0.15) is 16.8 Å². The first-order valence-electron chi connectivity index (χ1n) is 8.85. The van der Waals surface area contributed by atoms with E-state index in [0.29, 0.717) is 23.1 Å². The first-order chi connectivity index (χ1) is 14.0. The summed E-state index contributed by atoms with van der Waals surface area (Å²) in [5, 5.41) is 11.3. The van der Waals surface area contributed by atoms with Gasteiger partial charge in [0.1, 0.15) is 5.82 Å². The van der Waals surface area contributed by atoms with Crippen LogP contribution in [0.5, 0.6) is 0 Å². The van der Waals surface area contributed by atoms with Crippen LogP contribution < -0.4 is 5.32 Å². The predicted octanol–water partition coefficient (Wildman–Crippen LogP) is 5.53. The molecule has 29 heavy (non-hydrogen) atoms. The van der Waals surface area contributed by atoms with Gasteiger partial charge >= 0.3 is 6.18 Å². The smallest absolute Gasteiger partial charge is 0.323 e. The zero-order chi connectivity index (χ0) is 20.0. The van der Waals surface area contributed by atoms with Crippen molar-refractivity contribution < 1.29 is 13.2 Å². The number of anilines is 2. The normalized spacial score (nSPS) is 13.6. The number of hydrogen-bond acceptors (Lipinski definition) is 5. The Labute approximate surface area is 167 Å². The Bertz CT molecular complexity index is 1220. The van der Waals surface area contributed by atoms with Crippen LogP contribution in [0.15, 0.2) is 48.5 Å². The zero-order valence-electron chi connectivity index (χ0n) is 14.9. The lowest BCUT2D eigenvalue weighted by Crippen LogP contribution is -2.10. The second-order valence-electron chi connectivity index (χ2n) is 6.60. The van der Waals surface area contributed by atoms with Gasteiger partial charge in [-0.15, -0.1) is 0 Å². The first-order valence-corrected chi connectivity index (χ1v) is 10.0. The molecule has 1 aliphatic rings. The summed E-state index contributed by atoms with van der Waals surface area (Å²) in [6.07, 6.45) is -4.49. The third-order valence-corrected chi connectivity index (χ3v) is 5.73. The number of fused-ring (bicyclic) bond motifs is 2. The van der Waals surface area contributed by atoms with Crippen molar-refractivity contribution in [1.29, 1.82) is 0 Å². The number of rotatable bonds is 3. The number of para-hydroxylation sites is 1. The van der Waals surface area contributed by atoms with Crippen LogP contribution in [0, 0.1) is 0 Å². The molecule has 5 nitrogen and oxygen atoms in total. The van der Waals surface area contributed by atoms with E-state index >= 15 is 0 Å².